The highest BCUT2D eigenvalue weighted by Gasteiger charge is 2.16. The van der Waals surface area contributed by atoms with Crippen LogP contribution in [0.25, 0.3) is 33.3 Å². The van der Waals surface area contributed by atoms with Gasteiger partial charge >= 0.3 is 0 Å². The fraction of sp³-hybridized carbons (Fsp3) is 0.375. The average molecular weight is 419 g/mol. The molecular formula is C24H30N6O. The van der Waals surface area contributed by atoms with Crippen molar-refractivity contribution < 1.29 is 4.79 Å². The van der Waals surface area contributed by atoms with Crippen LogP contribution in [0.3, 0.4) is 0 Å². The molecule has 7 nitrogen and oxygen atoms in total. The van der Waals surface area contributed by atoms with Gasteiger partial charge in [-0.1, -0.05) is 32.0 Å². The van der Waals surface area contributed by atoms with Crippen LogP contribution in [0, 0.1) is 5.92 Å². The molecule has 4 aromatic rings. The van der Waals surface area contributed by atoms with Gasteiger partial charge in [-0.2, -0.15) is 0 Å². The van der Waals surface area contributed by atoms with Crippen LogP contribution in [-0.4, -0.2) is 32.5 Å². The molecule has 31 heavy (non-hydrogen) atoms. The van der Waals surface area contributed by atoms with Crippen LogP contribution in [-0.2, 0) is 11.8 Å². The summed E-state index contributed by atoms with van der Waals surface area (Å²) < 4.78 is 2.02. The quantitative estimate of drug-likeness (QED) is 0.403. The molecule has 0 saturated carbocycles. The molecule has 0 saturated heterocycles. The minimum Gasteiger partial charge on any atom is -0.371 e. The van der Waals surface area contributed by atoms with Crippen molar-refractivity contribution in [2.45, 2.75) is 39.7 Å². The van der Waals surface area contributed by atoms with Crippen molar-refractivity contribution in [3.63, 3.8) is 0 Å². The maximum absolute atomic E-state index is 12.3. The van der Waals surface area contributed by atoms with E-state index in [0.717, 1.165) is 51.1 Å². The van der Waals surface area contributed by atoms with Gasteiger partial charge in [0.05, 0.1) is 17.9 Å². The van der Waals surface area contributed by atoms with Crippen molar-refractivity contribution in [1.82, 2.24) is 24.8 Å². The first-order valence-corrected chi connectivity index (χ1v) is 10.8. The minimum absolute atomic E-state index is 0.0539. The predicted octanol–water partition coefficient (Wildman–Crippen LogP) is 4.77. The zero-order valence-corrected chi connectivity index (χ0v) is 18.8. The van der Waals surface area contributed by atoms with Crippen molar-refractivity contribution in [1.29, 1.82) is 0 Å². The number of hydrogen-bond donors (Lipinski definition) is 3. The Morgan fingerprint density at radius 2 is 2.03 bits per heavy atom. The molecule has 0 radical (unpaired) electrons. The van der Waals surface area contributed by atoms with Gasteiger partial charge in [0.1, 0.15) is 11.2 Å². The standard InChI is InChI=1S/C24H30N6O/c1-14(2)9-10-20(31)27-15(3)16-7-6-8-17(11-16)19-12-18-22-21(26-13-30(22)5)24(25-4)29-23(18)28-19/h6-8,11-15H,9-10H2,1-5H3,(H,27,31)(H2,25,28,29). The first-order valence-electron chi connectivity index (χ1n) is 10.8. The number of aromatic amines is 1. The van der Waals surface area contributed by atoms with Gasteiger partial charge in [0.2, 0.25) is 5.91 Å². The van der Waals surface area contributed by atoms with Gasteiger partial charge in [-0.3, -0.25) is 4.79 Å². The lowest BCUT2D eigenvalue weighted by atomic mass is 10.0. The number of fused-ring (bicyclic) bond motifs is 3. The molecular weight excluding hydrogens is 388 g/mol. The Bertz CT molecular complexity index is 1240. The number of rotatable bonds is 7. The van der Waals surface area contributed by atoms with Crippen molar-refractivity contribution in [2.75, 3.05) is 12.4 Å². The topological polar surface area (TPSA) is 87.6 Å². The largest absolute Gasteiger partial charge is 0.371 e. The summed E-state index contributed by atoms with van der Waals surface area (Å²) in [5.74, 6) is 1.37. The Labute approximate surface area is 182 Å². The summed E-state index contributed by atoms with van der Waals surface area (Å²) in [6, 6.07) is 10.3. The van der Waals surface area contributed by atoms with E-state index >= 15 is 0 Å². The number of carbonyl (C=O) groups is 1. The van der Waals surface area contributed by atoms with Gasteiger partial charge in [-0.15, -0.1) is 0 Å². The summed E-state index contributed by atoms with van der Waals surface area (Å²) in [6.07, 6.45) is 3.27. The zero-order chi connectivity index (χ0) is 22.1. The normalized spacial score (nSPS) is 12.6. The second-order valence-electron chi connectivity index (χ2n) is 8.56. The first-order chi connectivity index (χ1) is 14.9. The zero-order valence-electron chi connectivity index (χ0n) is 18.8. The number of amides is 1. The summed E-state index contributed by atoms with van der Waals surface area (Å²) in [5.41, 5.74) is 5.83. The van der Waals surface area contributed by atoms with Crippen LogP contribution in [0.2, 0.25) is 0 Å². The van der Waals surface area contributed by atoms with E-state index < -0.39 is 0 Å². The Morgan fingerprint density at radius 1 is 1.23 bits per heavy atom. The monoisotopic (exact) mass is 418 g/mol. The van der Waals surface area contributed by atoms with Gasteiger partial charge in [0.25, 0.3) is 0 Å². The Hall–Kier alpha value is -3.35. The van der Waals surface area contributed by atoms with Crippen LogP contribution in [0.1, 0.15) is 45.2 Å². The van der Waals surface area contributed by atoms with Gasteiger partial charge in [0, 0.05) is 31.6 Å². The molecule has 7 heteroatoms. The summed E-state index contributed by atoms with van der Waals surface area (Å²) in [7, 11) is 3.84. The molecule has 0 fully saturated rings. The molecule has 1 unspecified atom stereocenters. The molecule has 0 aliphatic carbocycles. The highest BCUT2D eigenvalue weighted by Crippen LogP contribution is 2.32. The number of H-pyrrole nitrogens is 1. The third-order valence-electron chi connectivity index (χ3n) is 5.70. The number of nitrogens with zero attached hydrogens (tertiary/aromatic N) is 3. The maximum Gasteiger partial charge on any atom is 0.220 e. The second kappa shape index (κ2) is 8.41. The second-order valence-corrected chi connectivity index (χ2v) is 8.56. The Kier molecular flexibility index (Phi) is 5.67. The van der Waals surface area contributed by atoms with E-state index in [1.165, 1.54) is 0 Å². The smallest absolute Gasteiger partial charge is 0.220 e. The van der Waals surface area contributed by atoms with Gasteiger partial charge in [-0.25, -0.2) is 9.97 Å². The number of anilines is 1. The highest BCUT2D eigenvalue weighted by atomic mass is 16.1. The molecule has 3 aromatic heterocycles. The highest BCUT2D eigenvalue weighted by molar-refractivity contribution is 6.07. The molecule has 1 amide bonds. The molecule has 162 valence electrons. The van der Waals surface area contributed by atoms with E-state index in [1.807, 2.05) is 38.0 Å². The number of aromatic nitrogens is 4. The first kappa shape index (κ1) is 20.9. The van der Waals surface area contributed by atoms with E-state index in [9.17, 15) is 4.79 Å². The van der Waals surface area contributed by atoms with E-state index in [0.29, 0.717) is 12.3 Å². The summed E-state index contributed by atoms with van der Waals surface area (Å²) in [6.45, 7) is 6.29. The minimum atomic E-state index is -0.0539. The number of benzene rings is 1. The van der Waals surface area contributed by atoms with Gasteiger partial charge in [-0.05, 0) is 42.5 Å². The molecule has 0 aliphatic heterocycles. The van der Waals surface area contributed by atoms with Crippen molar-refractivity contribution in [3.8, 4) is 11.3 Å². The molecule has 4 rings (SSSR count). The summed E-state index contributed by atoms with van der Waals surface area (Å²) in [5, 5.41) is 7.29. The third-order valence-corrected chi connectivity index (χ3v) is 5.70. The fourth-order valence-corrected chi connectivity index (χ4v) is 3.92. The summed E-state index contributed by atoms with van der Waals surface area (Å²) >= 11 is 0. The molecule has 3 N–H and O–H groups in total. The van der Waals surface area contributed by atoms with Gasteiger partial charge < -0.3 is 20.2 Å². The maximum atomic E-state index is 12.3. The van der Waals surface area contributed by atoms with Crippen LogP contribution in [0.5, 0.6) is 0 Å². The molecule has 0 bridgehead atoms. The van der Waals surface area contributed by atoms with Crippen LogP contribution in [0.15, 0.2) is 36.7 Å². The molecule has 0 spiro atoms. The number of aryl methyl sites for hydroxylation is 1. The molecule has 1 atom stereocenters. The number of carbonyl (C=O) groups excluding carboxylic acids is 1. The lowest BCUT2D eigenvalue weighted by Crippen LogP contribution is -2.26. The fourth-order valence-electron chi connectivity index (χ4n) is 3.92. The van der Waals surface area contributed by atoms with Crippen LogP contribution in [0.4, 0.5) is 5.82 Å². The SMILES string of the molecule is CNc1nc2[nH]c(-c3cccc(C(C)NC(=O)CCC(C)C)c3)cc2c2c1ncn2C. The molecule has 0 aliphatic rings. The van der Waals surface area contributed by atoms with E-state index in [1.54, 1.807) is 0 Å². The number of nitrogens with one attached hydrogen (secondary N) is 3. The van der Waals surface area contributed by atoms with Crippen molar-refractivity contribution >= 4 is 33.8 Å². The van der Waals surface area contributed by atoms with Crippen LogP contribution >= 0.6 is 0 Å². The van der Waals surface area contributed by atoms with E-state index in [2.05, 4.69) is 58.7 Å². The number of hydrogen-bond acceptors (Lipinski definition) is 4. The molecule has 1 aromatic carbocycles. The number of pyridine rings is 1. The molecule has 3 heterocycles. The van der Waals surface area contributed by atoms with Crippen molar-refractivity contribution in [3.05, 3.63) is 42.2 Å². The summed E-state index contributed by atoms with van der Waals surface area (Å²) in [4.78, 5) is 24.9. The van der Waals surface area contributed by atoms with Crippen molar-refractivity contribution in [2.24, 2.45) is 13.0 Å². The van der Waals surface area contributed by atoms with E-state index in [4.69, 9.17) is 4.98 Å². The third kappa shape index (κ3) is 4.13. The lowest BCUT2D eigenvalue weighted by molar-refractivity contribution is -0.122. The van der Waals surface area contributed by atoms with Gasteiger partial charge in [0.15, 0.2) is 5.82 Å². The average Bonchev–Trinajstić information content (AvgIpc) is 3.35. The Morgan fingerprint density at radius 3 is 2.77 bits per heavy atom. The predicted molar refractivity (Wildman–Crippen MR) is 126 cm³/mol. The van der Waals surface area contributed by atoms with Crippen LogP contribution < -0.4 is 10.6 Å². The van der Waals surface area contributed by atoms with E-state index in [-0.39, 0.29) is 11.9 Å². The Balaban J connectivity index is 1.65. The number of imidazole rings is 1. The lowest BCUT2D eigenvalue weighted by Gasteiger charge is -2.15.